The van der Waals surface area contributed by atoms with Crippen LogP contribution in [0.15, 0.2) is 0 Å². The topological polar surface area (TPSA) is 59.0 Å². The monoisotopic (exact) mass is 203 g/mol. The highest BCUT2D eigenvalue weighted by atomic mass is 16.5. The van der Waals surface area contributed by atoms with Gasteiger partial charge in [0.2, 0.25) is 5.91 Å². The van der Waals surface area contributed by atoms with Gasteiger partial charge in [0.15, 0.2) is 0 Å². The Labute approximate surface area is 83.6 Å². The minimum atomic E-state index is -0.499. The van der Waals surface area contributed by atoms with E-state index in [2.05, 4.69) is 0 Å². The van der Waals surface area contributed by atoms with Crippen molar-refractivity contribution < 1.29 is 19.4 Å². The third-order valence-corrected chi connectivity index (χ3v) is 2.13. The lowest BCUT2D eigenvalue weighted by atomic mass is 10.3. The first kappa shape index (κ1) is 11.4. The van der Waals surface area contributed by atoms with E-state index < -0.39 is 6.10 Å². The maximum absolute atomic E-state index is 11.2. The summed E-state index contributed by atoms with van der Waals surface area (Å²) >= 11 is 0. The molecule has 1 N–H and O–H groups in total. The first-order valence-electron chi connectivity index (χ1n) is 4.76. The quantitative estimate of drug-likeness (QED) is 0.577. The summed E-state index contributed by atoms with van der Waals surface area (Å²) in [5, 5.41) is 9.19. The van der Waals surface area contributed by atoms with Gasteiger partial charge >= 0.3 is 0 Å². The molecule has 0 radical (unpaired) electrons. The number of aliphatic hydroxyl groups excluding tert-OH is 1. The Bertz CT molecular complexity index is 186. The molecular formula is C9H17NO4. The molecule has 0 spiro atoms. The van der Waals surface area contributed by atoms with Gasteiger partial charge < -0.3 is 19.5 Å². The lowest BCUT2D eigenvalue weighted by Gasteiger charge is -2.15. The van der Waals surface area contributed by atoms with Crippen LogP contribution in [0.25, 0.3) is 0 Å². The summed E-state index contributed by atoms with van der Waals surface area (Å²) in [6.45, 7) is 2.60. The van der Waals surface area contributed by atoms with Crippen LogP contribution >= 0.6 is 0 Å². The third kappa shape index (κ3) is 3.61. The zero-order chi connectivity index (χ0) is 10.4. The smallest absolute Gasteiger partial charge is 0.225 e. The highest BCUT2D eigenvalue weighted by Gasteiger charge is 2.27. The molecule has 1 aliphatic rings. The zero-order valence-corrected chi connectivity index (χ0v) is 8.44. The predicted molar refractivity (Wildman–Crippen MR) is 49.9 cm³/mol. The van der Waals surface area contributed by atoms with Crippen LogP contribution in [0, 0.1) is 0 Å². The highest BCUT2D eigenvalue weighted by molar-refractivity contribution is 5.78. The number of hydrogen-bond donors (Lipinski definition) is 1. The average molecular weight is 203 g/mol. The second-order valence-electron chi connectivity index (χ2n) is 3.30. The molecule has 1 heterocycles. The lowest BCUT2D eigenvalue weighted by Crippen LogP contribution is -2.29. The van der Waals surface area contributed by atoms with Crippen molar-refractivity contribution in [3.05, 3.63) is 0 Å². The van der Waals surface area contributed by atoms with E-state index >= 15 is 0 Å². The molecule has 1 saturated heterocycles. The van der Waals surface area contributed by atoms with Gasteiger partial charge in [-0.2, -0.15) is 0 Å². The average Bonchev–Trinajstić information content (AvgIpc) is 2.45. The molecular weight excluding hydrogens is 186 g/mol. The van der Waals surface area contributed by atoms with E-state index in [4.69, 9.17) is 9.47 Å². The van der Waals surface area contributed by atoms with Gasteiger partial charge in [-0.05, 0) is 0 Å². The number of ether oxygens (including phenoxy) is 2. The normalized spacial score (nSPS) is 22.0. The predicted octanol–water partition coefficient (Wildman–Crippen LogP) is -0.757. The Morgan fingerprint density at radius 3 is 2.86 bits per heavy atom. The van der Waals surface area contributed by atoms with Gasteiger partial charge in [0, 0.05) is 20.2 Å². The first-order valence-corrected chi connectivity index (χ1v) is 4.76. The van der Waals surface area contributed by atoms with E-state index in [0.29, 0.717) is 32.9 Å². The van der Waals surface area contributed by atoms with E-state index in [9.17, 15) is 9.90 Å². The van der Waals surface area contributed by atoms with E-state index in [-0.39, 0.29) is 12.3 Å². The van der Waals surface area contributed by atoms with Gasteiger partial charge in [-0.15, -0.1) is 0 Å². The van der Waals surface area contributed by atoms with Crippen molar-refractivity contribution in [3.8, 4) is 0 Å². The molecule has 0 aromatic rings. The number of methoxy groups -OCH3 is 1. The van der Waals surface area contributed by atoms with Crippen molar-refractivity contribution in [1.82, 2.24) is 4.90 Å². The van der Waals surface area contributed by atoms with Gasteiger partial charge in [-0.1, -0.05) is 0 Å². The number of β-amino-alcohol motifs (C(OH)–C–C–N with tert-alkyl or cyclic N) is 1. The maximum Gasteiger partial charge on any atom is 0.225 e. The number of amides is 1. The number of rotatable bonds is 6. The molecule has 0 saturated carbocycles. The van der Waals surface area contributed by atoms with Crippen molar-refractivity contribution >= 4 is 5.91 Å². The molecule has 0 aliphatic carbocycles. The fourth-order valence-corrected chi connectivity index (χ4v) is 1.39. The summed E-state index contributed by atoms with van der Waals surface area (Å²) in [6, 6.07) is 0. The van der Waals surface area contributed by atoms with Crippen LogP contribution in [0.3, 0.4) is 0 Å². The summed E-state index contributed by atoms with van der Waals surface area (Å²) < 4.78 is 10.0. The molecule has 1 aliphatic heterocycles. The summed E-state index contributed by atoms with van der Waals surface area (Å²) in [4.78, 5) is 12.8. The SMILES string of the molecule is COCCOCCN1CC(O)CC1=O. The summed E-state index contributed by atoms with van der Waals surface area (Å²) in [6.07, 6.45) is -0.251. The Morgan fingerprint density at radius 2 is 2.29 bits per heavy atom. The maximum atomic E-state index is 11.2. The third-order valence-electron chi connectivity index (χ3n) is 2.13. The Balaban J connectivity index is 2.04. The van der Waals surface area contributed by atoms with E-state index in [1.807, 2.05) is 0 Å². The van der Waals surface area contributed by atoms with Gasteiger partial charge in [-0.3, -0.25) is 4.79 Å². The molecule has 5 heteroatoms. The molecule has 0 bridgehead atoms. The van der Waals surface area contributed by atoms with Crippen molar-refractivity contribution in [1.29, 1.82) is 0 Å². The molecule has 1 fully saturated rings. The molecule has 0 aromatic carbocycles. The molecule has 1 unspecified atom stereocenters. The molecule has 1 atom stereocenters. The number of aliphatic hydroxyl groups is 1. The van der Waals surface area contributed by atoms with Crippen LogP contribution in [0.1, 0.15) is 6.42 Å². The van der Waals surface area contributed by atoms with Crippen LogP contribution in [-0.2, 0) is 14.3 Å². The number of likely N-dealkylation sites (tertiary alicyclic amines) is 1. The standard InChI is InChI=1S/C9H17NO4/c1-13-4-5-14-3-2-10-7-8(11)6-9(10)12/h8,11H,2-7H2,1H3. The Hall–Kier alpha value is -0.650. The lowest BCUT2D eigenvalue weighted by molar-refractivity contribution is -0.128. The van der Waals surface area contributed by atoms with Gasteiger partial charge in [-0.25, -0.2) is 0 Å². The van der Waals surface area contributed by atoms with Crippen LogP contribution in [0.5, 0.6) is 0 Å². The van der Waals surface area contributed by atoms with Crippen LogP contribution in [0.2, 0.25) is 0 Å². The van der Waals surface area contributed by atoms with E-state index in [1.54, 1.807) is 12.0 Å². The fourth-order valence-electron chi connectivity index (χ4n) is 1.39. The molecule has 5 nitrogen and oxygen atoms in total. The molecule has 1 rings (SSSR count). The van der Waals surface area contributed by atoms with Crippen LogP contribution < -0.4 is 0 Å². The minimum absolute atomic E-state index is 0.00726. The number of carbonyl (C=O) groups excluding carboxylic acids is 1. The zero-order valence-electron chi connectivity index (χ0n) is 8.44. The number of hydrogen-bond acceptors (Lipinski definition) is 4. The second kappa shape index (κ2) is 5.95. The van der Waals surface area contributed by atoms with Crippen LogP contribution in [-0.4, -0.2) is 62.0 Å². The Kier molecular flexibility index (Phi) is 4.86. The second-order valence-corrected chi connectivity index (χ2v) is 3.30. The van der Waals surface area contributed by atoms with E-state index in [0.717, 1.165) is 0 Å². The minimum Gasteiger partial charge on any atom is -0.391 e. The molecule has 82 valence electrons. The molecule has 0 aromatic heterocycles. The van der Waals surface area contributed by atoms with Gasteiger partial charge in [0.05, 0.1) is 32.3 Å². The number of carbonyl (C=O) groups is 1. The fraction of sp³-hybridized carbons (Fsp3) is 0.889. The molecule has 14 heavy (non-hydrogen) atoms. The number of nitrogens with zero attached hydrogens (tertiary/aromatic N) is 1. The van der Waals surface area contributed by atoms with Gasteiger partial charge in [0.25, 0.3) is 0 Å². The molecule has 1 amide bonds. The largest absolute Gasteiger partial charge is 0.391 e. The summed E-state index contributed by atoms with van der Waals surface area (Å²) in [7, 11) is 1.61. The van der Waals surface area contributed by atoms with Crippen LogP contribution in [0.4, 0.5) is 0 Å². The Morgan fingerprint density at radius 1 is 1.50 bits per heavy atom. The summed E-state index contributed by atoms with van der Waals surface area (Å²) in [5.41, 5.74) is 0. The highest BCUT2D eigenvalue weighted by Crippen LogP contribution is 2.09. The van der Waals surface area contributed by atoms with Crippen molar-refractivity contribution in [2.24, 2.45) is 0 Å². The van der Waals surface area contributed by atoms with Crippen molar-refractivity contribution in [3.63, 3.8) is 0 Å². The van der Waals surface area contributed by atoms with Crippen molar-refractivity contribution in [2.75, 3.05) is 40.0 Å². The van der Waals surface area contributed by atoms with Crippen molar-refractivity contribution in [2.45, 2.75) is 12.5 Å². The first-order chi connectivity index (χ1) is 6.74. The van der Waals surface area contributed by atoms with E-state index in [1.165, 1.54) is 0 Å². The summed E-state index contributed by atoms with van der Waals surface area (Å²) in [5.74, 6) is 0.00726. The van der Waals surface area contributed by atoms with Gasteiger partial charge in [0.1, 0.15) is 0 Å².